The predicted octanol–water partition coefficient (Wildman–Crippen LogP) is 1.83. The Morgan fingerprint density at radius 3 is 2.83 bits per heavy atom. The highest BCUT2D eigenvalue weighted by atomic mass is 16.3. The summed E-state index contributed by atoms with van der Waals surface area (Å²) in [5, 5.41) is 20.7. The lowest BCUT2D eigenvalue weighted by Crippen LogP contribution is -2.26. The van der Waals surface area contributed by atoms with Gasteiger partial charge >= 0.3 is 0 Å². The highest BCUT2D eigenvalue weighted by Gasteiger charge is 2.09. The second-order valence-electron chi connectivity index (χ2n) is 5.45. The maximum Gasteiger partial charge on any atom is 0.277 e. The van der Waals surface area contributed by atoms with Crippen molar-refractivity contribution in [1.29, 1.82) is 0 Å². The monoisotopic (exact) mass is 324 g/mol. The summed E-state index contributed by atoms with van der Waals surface area (Å²) < 4.78 is 1.16. The van der Waals surface area contributed by atoms with Gasteiger partial charge in [0.1, 0.15) is 11.3 Å². The molecule has 7 heteroatoms. The summed E-state index contributed by atoms with van der Waals surface area (Å²) in [5.41, 5.74) is 1.46. The maximum absolute atomic E-state index is 12.3. The molecule has 24 heavy (non-hydrogen) atoms. The molecule has 3 aromatic rings. The van der Waals surface area contributed by atoms with E-state index in [0.717, 1.165) is 10.2 Å². The van der Waals surface area contributed by atoms with Crippen LogP contribution in [-0.4, -0.2) is 26.0 Å². The first-order chi connectivity index (χ1) is 11.5. The fourth-order valence-corrected chi connectivity index (χ4v) is 2.34. The number of amides is 1. The van der Waals surface area contributed by atoms with E-state index in [1.807, 2.05) is 6.92 Å². The van der Waals surface area contributed by atoms with Gasteiger partial charge in [0.2, 0.25) is 5.91 Å². The minimum Gasteiger partial charge on any atom is -0.506 e. The molecule has 0 radical (unpaired) electrons. The van der Waals surface area contributed by atoms with E-state index in [1.165, 1.54) is 0 Å². The van der Waals surface area contributed by atoms with Crippen molar-refractivity contribution in [2.75, 3.05) is 5.32 Å². The quantitative estimate of drug-likeness (QED) is 0.714. The number of phenols is 1. The number of aromatic nitrogens is 3. The van der Waals surface area contributed by atoms with E-state index in [-0.39, 0.29) is 30.2 Å². The highest BCUT2D eigenvalue weighted by molar-refractivity contribution is 5.92. The SMILES string of the molecule is Cc1ccc(NC(=O)CCn2nnc3ccccc3c2=O)c(O)c1. The van der Waals surface area contributed by atoms with E-state index in [4.69, 9.17) is 0 Å². The highest BCUT2D eigenvalue weighted by Crippen LogP contribution is 2.23. The van der Waals surface area contributed by atoms with Crippen molar-refractivity contribution in [1.82, 2.24) is 15.0 Å². The van der Waals surface area contributed by atoms with E-state index in [0.29, 0.717) is 16.6 Å². The van der Waals surface area contributed by atoms with Gasteiger partial charge in [0, 0.05) is 6.42 Å². The van der Waals surface area contributed by atoms with Crippen LogP contribution >= 0.6 is 0 Å². The lowest BCUT2D eigenvalue weighted by atomic mass is 10.2. The molecule has 122 valence electrons. The third-order valence-electron chi connectivity index (χ3n) is 3.61. The molecule has 0 aliphatic heterocycles. The van der Waals surface area contributed by atoms with Gasteiger partial charge in [-0.15, -0.1) is 5.10 Å². The molecule has 1 amide bonds. The van der Waals surface area contributed by atoms with Gasteiger partial charge in [0.05, 0.1) is 17.6 Å². The van der Waals surface area contributed by atoms with Crippen LogP contribution in [0.1, 0.15) is 12.0 Å². The zero-order valence-corrected chi connectivity index (χ0v) is 13.1. The van der Waals surface area contributed by atoms with E-state index in [2.05, 4.69) is 15.6 Å². The minimum atomic E-state index is -0.323. The predicted molar refractivity (Wildman–Crippen MR) is 89.9 cm³/mol. The van der Waals surface area contributed by atoms with Gasteiger partial charge < -0.3 is 10.4 Å². The molecule has 0 fully saturated rings. The Balaban J connectivity index is 1.70. The summed E-state index contributed by atoms with van der Waals surface area (Å²) >= 11 is 0. The molecular formula is C17H16N4O3. The van der Waals surface area contributed by atoms with Gasteiger partial charge in [-0.2, -0.15) is 0 Å². The van der Waals surface area contributed by atoms with Crippen LogP contribution in [0.5, 0.6) is 5.75 Å². The van der Waals surface area contributed by atoms with Crippen molar-refractivity contribution in [3.8, 4) is 5.75 Å². The average Bonchev–Trinajstić information content (AvgIpc) is 2.57. The van der Waals surface area contributed by atoms with Crippen molar-refractivity contribution in [2.24, 2.45) is 0 Å². The molecule has 2 N–H and O–H groups in total. The molecule has 0 bridgehead atoms. The summed E-state index contributed by atoms with van der Waals surface area (Å²) in [4.78, 5) is 24.3. The first kappa shape index (κ1) is 15.7. The number of benzene rings is 2. The topological polar surface area (TPSA) is 97.1 Å². The van der Waals surface area contributed by atoms with Gasteiger partial charge in [-0.05, 0) is 36.8 Å². The largest absolute Gasteiger partial charge is 0.506 e. The number of carbonyl (C=O) groups excluding carboxylic acids is 1. The summed E-state index contributed by atoms with van der Waals surface area (Å²) in [5.74, 6) is -0.318. The first-order valence-electron chi connectivity index (χ1n) is 7.46. The minimum absolute atomic E-state index is 0.00557. The summed E-state index contributed by atoms with van der Waals surface area (Å²) in [6.45, 7) is 1.95. The molecule has 0 unspecified atom stereocenters. The molecular weight excluding hydrogens is 308 g/mol. The van der Waals surface area contributed by atoms with E-state index < -0.39 is 0 Å². The lowest BCUT2D eigenvalue weighted by Gasteiger charge is -2.08. The van der Waals surface area contributed by atoms with E-state index >= 15 is 0 Å². The molecule has 0 saturated heterocycles. The van der Waals surface area contributed by atoms with Crippen LogP contribution in [0.4, 0.5) is 5.69 Å². The Kier molecular flexibility index (Phi) is 4.24. The lowest BCUT2D eigenvalue weighted by molar-refractivity contribution is -0.116. The number of hydrogen-bond acceptors (Lipinski definition) is 5. The number of hydrogen-bond donors (Lipinski definition) is 2. The van der Waals surface area contributed by atoms with Gasteiger partial charge in [0.15, 0.2) is 0 Å². The Hall–Kier alpha value is -3.22. The zero-order valence-electron chi connectivity index (χ0n) is 13.1. The van der Waals surface area contributed by atoms with E-state index in [1.54, 1.807) is 42.5 Å². The van der Waals surface area contributed by atoms with Gasteiger partial charge in [-0.1, -0.05) is 23.4 Å². The number of nitrogens with one attached hydrogen (secondary N) is 1. The zero-order chi connectivity index (χ0) is 17.1. The molecule has 1 heterocycles. The van der Waals surface area contributed by atoms with Crippen molar-refractivity contribution >= 4 is 22.5 Å². The van der Waals surface area contributed by atoms with Crippen LogP contribution in [0, 0.1) is 6.92 Å². The summed E-state index contributed by atoms with van der Waals surface area (Å²) in [7, 11) is 0. The number of aromatic hydroxyl groups is 1. The normalized spacial score (nSPS) is 10.7. The molecule has 2 aromatic carbocycles. The third-order valence-corrected chi connectivity index (χ3v) is 3.61. The Morgan fingerprint density at radius 2 is 2.04 bits per heavy atom. The number of fused-ring (bicyclic) bond motifs is 1. The smallest absolute Gasteiger partial charge is 0.277 e. The summed E-state index contributed by atoms with van der Waals surface area (Å²) in [6, 6.07) is 11.9. The number of anilines is 1. The molecule has 1 aromatic heterocycles. The van der Waals surface area contributed by atoms with Crippen LogP contribution in [-0.2, 0) is 11.3 Å². The van der Waals surface area contributed by atoms with Crippen LogP contribution < -0.4 is 10.9 Å². The third kappa shape index (κ3) is 3.24. The summed E-state index contributed by atoms with van der Waals surface area (Å²) in [6.07, 6.45) is 0.0419. The second kappa shape index (κ2) is 6.49. The van der Waals surface area contributed by atoms with Gasteiger partial charge in [0.25, 0.3) is 5.56 Å². The number of rotatable bonds is 4. The van der Waals surface area contributed by atoms with Crippen molar-refractivity contribution in [3.63, 3.8) is 0 Å². The molecule has 0 aliphatic carbocycles. The molecule has 0 spiro atoms. The van der Waals surface area contributed by atoms with Crippen molar-refractivity contribution < 1.29 is 9.90 Å². The number of carbonyl (C=O) groups is 1. The Morgan fingerprint density at radius 1 is 1.25 bits per heavy atom. The van der Waals surface area contributed by atoms with Crippen molar-refractivity contribution in [3.05, 3.63) is 58.4 Å². The molecule has 7 nitrogen and oxygen atoms in total. The Labute approximate surface area is 137 Å². The van der Waals surface area contributed by atoms with Crippen LogP contribution in [0.25, 0.3) is 10.9 Å². The maximum atomic E-state index is 12.3. The van der Waals surface area contributed by atoms with Gasteiger partial charge in [-0.25, -0.2) is 4.68 Å². The van der Waals surface area contributed by atoms with E-state index in [9.17, 15) is 14.7 Å². The van der Waals surface area contributed by atoms with Crippen LogP contribution in [0.2, 0.25) is 0 Å². The number of aryl methyl sites for hydroxylation is 2. The fourth-order valence-electron chi connectivity index (χ4n) is 2.34. The molecule has 3 rings (SSSR count). The first-order valence-corrected chi connectivity index (χ1v) is 7.46. The Bertz CT molecular complexity index is 965. The van der Waals surface area contributed by atoms with Crippen molar-refractivity contribution in [2.45, 2.75) is 19.9 Å². The molecule has 0 aliphatic rings. The standard InChI is InChI=1S/C17H16N4O3/c1-11-6-7-14(15(22)10-11)18-16(23)8-9-21-17(24)12-4-2-3-5-13(12)19-20-21/h2-7,10,22H,8-9H2,1H3,(H,18,23). The molecule has 0 saturated carbocycles. The van der Waals surface area contributed by atoms with Crippen LogP contribution in [0.3, 0.4) is 0 Å². The second-order valence-corrected chi connectivity index (χ2v) is 5.45. The van der Waals surface area contributed by atoms with Crippen LogP contribution in [0.15, 0.2) is 47.3 Å². The van der Waals surface area contributed by atoms with Gasteiger partial charge in [-0.3, -0.25) is 9.59 Å². The molecule has 0 atom stereocenters. The average molecular weight is 324 g/mol. The fraction of sp³-hybridized carbons (Fsp3) is 0.176. The number of nitrogens with zero attached hydrogens (tertiary/aromatic N) is 3. The number of phenolic OH excluding ortho intramolecular Hbond substituents is 1.